The number of rotatable bonds is 2. The zero-order valence-electron chi connectivity index (χ0n) is 7.73. The van der Waals surface area contributed by atoms with Crippen LogP contribution in [0, 0.1) is 5.92 Å². The highest BCUT2D eigenvalue weighted by atomic mass is 16.1. The third kappa shape index (κ3) is 1.14. The number of imidazole rings is 1. The lowest BCUT2D eigenvalue weighted by molar-refractivity contribution is 0.624. The second-order valence-electron chi connectivity index (χ2n) is 3.88. The van der Waals surface area contributed by atoms with Gasteiger partial charge in [-0.25, -0.2) is 4.79 Å². The lowest BCUT2D eigenvalue weighted by Crippen LogP contribution is -2.17. The topological polar surface area (TPSA) is 50.7 Å². The number of fused-ring (bicyclic) bond motifs is 1. The average Bonchev–Trinajstić information content (AvgIpc) is 2.93. The van der Waals surface area contributed by atoms with E-state index in [0.717, 1.165) is 17.6 Å². The highest BCUT2D eigenvalue weighted by molar-refractivity contribution is 5.73. The van der Waals surface area contributed by atoms with Gasteiger partial charge in [0.25, 0.3) is 0 Å². The molecule has 0 amide bonds. The molecule has 2 aromatic rings. The van der Waals surface area contributed by atoms with Crippen LogP contribution in [-0.4, -0.2) is 14.5 Å². The van der Waals surface area contributed by atoms with Crippen molar-refractivity contribution in [1.82, 2.24) is 14.5 Å². The molecule has 2 heterocycles. The Balaban J connectivity index is 2.18. The van der Waals surface area contributed by atoms with Crippen LogP contribution in [0.4, 0.5) is 0 Å². The van der Waals surface area contributed by atoms with Crippen molar-refractivity contribution in [2.24, 2.45) is 5.92 Å². The van der Waals surface area contributed by atoms with Crippen LogP contribution >= 0.6 is 0 Å². The van der Waals surface area contributed by atoms with E-state index >= 15 is 0 Å². The van der Waals surface area contributed by atoms with Crippen LogP contribution in [-0.2, 0) is 6.54 Å². The summed E-state index contributed by atoms with van der Waals surface area (Å²) in [6.07, 6.45) is 5.92. The van der Waals surface area contributed by atoms with Crippen LogP contribution in [0.2, 0.25) is 0 Å². The molecule has 0 spiro atoms. The Labute approximate surface area is 80.6 Å². The van der Waals surface area contributed by atoms with Gasteiger partial charge in [0.15, 0.2) is 0 Å². The molecule has 3 rings (SSSR count). The van der Waals surface area contributed by atoms with E-state index in [4.69, 9.17) is 0 Å². The van der Waals surface area contributed by atoms with Crippen LogP contribution < -0.4 is 5.69 Å². The third-order valence-electron chi connectivity index (χ3n) is 2.71. The Morgan fingerprint density at radius 3 is 3.21 bits per heavy atom. The maximum absolute atomic E-state index is 11.6. The summed E-state index contributed by atoms with van der Waals surface area (Å²) in [7, 11) is 0. The molecule has 0 saturated heterocycles. The van der Waals surface area contributed by atoms with Crippen molar-refractivity contribution in [2.45, 2.75) is 19.4 Å². The summed E-state index contributed by atoms with van der Waals surface area (Å²) >= 11 is 0. The van der Waals surface area contributed by atoms with Crippen molar-refractivity contribution in [2.75, 3.05) is 0 Å². The van der Waals surface area contributed by atoms with Gasteiger partial charge in [-0.15, -0.1) is 0 Å². The highest BCUT2D eigenvalue weighted by Crippen LogP contribution is 2.30. The van der Waals surface area contributed by atoms with Crippen LogP contribution in [0.1, 0.15) is 12.8 Å². The van der Waals surface area contributed by atoms with Crippen molar-refractivity contribution >= 4 is 11.0 Å². The minimum absolute atomic E-state index is 0.0140. The SMILES string of the molecule is O=c1[nH]c2cnccc2n1CC1CC1. The van der Waals surface area contributed by atoms with Crippen molar-refractivity contribution < 1.29 is 0 Å². The van der Waals surface area contributed by atoms with Gasteiger partial charge >= 0.3 is 5.69 Å². The molecule has 1 fully saturated rings. The van der Waals surface area contributed by atoms with Gasteiger partial charge in [0.2, 0.25) is 0 Å². The average molecular weight is 189 g/mol. The number of nitrogens with one attached hydrogen (secondary N) is 1. The van der Waals surface area contributed by atoms with Gasteiger partial charge in [0.1, 0.15) is 0 Å². The Kier molecular flexibility index (Phi) is 1.50. The molecule has 4 nitrogen and oxygen atoms in total. The monoisotopic (exact) mass is 189 g/mol. The molecule has 14 heavy (non-hydrogen) atoms. The van der Waals surface area contributed by atoms with E-state index in [2.05, 4.69) is 9.97 Å². The molecule has 1 saturated carbocycles. The number of hydrogen-bond acceptors (Lipinski definition) is 2. The lowest BCUT2D eigenvalue weighted by Gasteiger charge is -1.99. The number of aromatic nitrogens is 3. The minimum atomic E-state index is -0.0140. The summed E-state index contributed by atoms with van der Waals surface area (Å²) in [5.74, 6) is 0.708. The van der Waals surface area contributed by atoms with E-state index in [9.17, 15) is 4.79 Å². The molecule has 0 aliphatic heterocycles. The molecule has 0 bridgehead atoms. The Hall–Kier alpha value is -1.58. The van der Waals surface area contributed by atoms with Crippen LogP contribution in [0.25, 0.3) is 11.0 Å². The fraction of sp³-hybridized carbons (Fsp3) is 0.400. The van der Waals surface area contributed by atoms with Gasteiger partial charge in [0, 0.05) is 12.7 Å². The van der Waals surface area contributed by atoms with Gasteiger partial charge in [-0.3, -0.25) is 9.55 Å². The normalized spacial score (nSPS) is 16.3. The number of aromatic amines is 1. The summed E-state index contributed by atoms with van der Waals surface area (Å²) in [6, 6.07) is 1.88. The lowest BCUT2D eigenvalue weighted by atomic mass is 10.3. The first-order valence-electron chi connectivity index (χ1n) is 4.87. The van der Waals surface area contributed by atoms with E-state index in [1.54, 1.807) is 12.4 Å². The summed E-state index contributed by atoms with van der Waals surface area (Å²) in [4.78, 5) is 18.4. The first kappa shape index (κ1) is 7.79. The number of pyridine rings is 1. The molecule has 0 unspecified atom stereocenters. The van der Waals surface area contributed by atoms with E-state index in [0.29, 0.717) is 5.92 Å². The van der Waals surface area contributed by atoms with E-state index in [-0.39, 0.29) is 5.69 Å². The van der Waals surface area contributed by atoms with Gasteiger partial charge in [-0.05, 0) is 24.8 Å². The quantitative estimate of drug-likeness (QED) is 0.770. The first-order valence-corrected chi connectivity index (χ1v) is 4.87. The Morgan fingerprint density at radius 2 is 2.43 bits per heavy atom. The summed E-state index contributed by atoms with van der Waals surface area (Å²) < 4.78 is 1.81. The maximum atomic E-state index is 11.6. The van der Waals surface area contributed by atoms with Crippen LogP contribution in [0.15, 0.2) is 23.3 Å². The second-order valence-corrected chi connectivity index (χ2v) is 3.88. The molecule has 0 radical (unpaired) electrons. The third-order valence-corrected chi connectivity index (χ3v) is 2.71. The van der Waals surface area contributed by atoms with E-state index < -0.39 is 0 Å². The molecule has 4 heteroatoms. The smallest absolute Gasteiger partial charge is 0.304 e. The van der Waals surface area contributed by atoms with Gasteiger partial charge in [0.05, 0.1) is 17.2 Å². The highest BCUT2D eigenvalue weighted by Gasteiger charge is 2.23. The summed E-state index contributed by atoms with van der Waals surface area (Å²) in [6.45, 7) is 0.850. The van der Waals surface area contributed by atoms with Crippen molar-refractivity contribution in [3.05, 3.63) is 28.9 Å². The Bertz CT molecular complexity index is 521. The fourth-order valence-corrected chi connectivity index (χ4v) is 1.75. The molecule has 0 atom stereocenters. The molecule has 2 aromatic heterocycles. The number of nitrogens with zero attached hydrogens (tertiary/aromatic N) is 2. The zero-order valence-corrected chi connectivity index (χ0v) is 7.73. The zero-order chi connectivity index (χ0) is 9.54. The van der Waals surface area contributed by atoms with Crippen LogP contribution in [0.3, 0.4) is 0 Å². The molecule has 1 N–H and O–H groups in total. The molecule has 0 aromatic carbocycles. The summed E-state index contributed by atoms with van der Waals surface area (Å²) in [5.41, 5.74) is 1.79. The molecule has 72 valence electrons. The predicted octanol–water partition coefficient (Wildman–Crippen LogP) is 1.13. The predicted molar refractivity (Wildman–Crippen MR) is 53.1 cm³/mol. The molecule has 1 aliphatic carbocycles. The minimum Gasteiger partial charge on any atom is -0.304 e. The Morgan fingerprint density at radius 1 is 1.57 bits per heavy atom. The fourth-order valence-electron chi connectivity index (χ4n) is 1.75. The number of hydrogen-bond donors (Lipinski definition) is 1. The standard InChI is InChI=1S/C10H11N3O/c14-10-12-8-5-11-4-3-9(8)13(10)6-7-1-2-7/h3-5,7H,1-2,6H2,(H,12,14). The van der Waals surface area contributed by atoms with Crippen molar-refractivity contribution in [3.8, 4) is 0 Å². The van der Waals surface area contributed by atoms with Gasteiger partial charge < -0.3 is 4.98 Å². The van der Waals surface area contributed by atoms with Crippen LogP contribution in [0.5, 0.6) is 0 Å². The number of H-pyrrole nitrogens is 1. The van der Waals surface area contributed by atoms with E-state index in [1.807, 2.05) is 10.6 Å². The maximum Gasteiger partial charge on any atom is 0.326 e. The van der Waals surface area contributed by atoms with Gasteiger partial charge in [-0.1, -0.05) is 0 Å². The van der Waals surface area contributed by atoms with E-state index in [1.165, 1.54) is 12.8 Å². The first-order chi connectivity index (χ1) is 6.84. The summed E-state index contributed by atoms with van der Waals surface area (Å²) in [5, 5.41) is 0. The second kappa shape index (κ2) is 2.70. The molecule has 1 aliphatic rings. The largest absolute Gasteiger partial charge is 0.326 e. The molecular weight excluding hydrogens is 178 g/mol. The van der Waals surface area contributed by atoms with Crippen molar-refractivity contribution in [1.29, 1.82) is 0 Å². The molecular formula is C10H11N3O. The van der Waals surface area contributed by atoms with Gasteiger partial charge in [-0.2, -0.15) is 0 Å². The van der Waals surface area contributed by atoms with Crippen molar-refractivity contribution in [3.63, 3.8) is 0 Å².